The molecule has 0 saturated heterocycles. The Morgan fingerprint density at radius 2 is 1.89 bits per heavy atom. The van der Waals surface area contributed by atoms with Crippen molar-refractivity contribution < 1.29 is 4.79 Å². The molecule has 0 bridgehead atoms. The van der Waals surface area contributed by atoms with E-state index in [1.54, 1.807) is 0 Å². The molecule has 1 rings (SSSR count). The lowest BCUT2D eigenvalue weighted by Crippen LogP contribution is -2.43. The second kappa shape index (κ2) is 6.79. The highest BCUT2D eigenvalue weighted by Gasteiger charge is 2.34. The van der Waals surface area contributed by atoms with Crippen molar-refractivity contribution in [3.63, 3.8) is 0 Å². The zero-order valence-corrected chi connectivity index (χ0v) is 12.9. The molecule has 1 fully saturated rings. The van der Waals surface area contributed by atoms with Gasteiger partial charge in [-0.05, 0) is 31.1 Å². The second-order valence-corrected chi connectivity index (χ2v) is 7.14. The first kappa shape index (κ1) is 15.8. The normalized spacial score (nSPS) is 19.6. The Morgan fingerprint density at radius 3 is 2.44 bits per heavy atom. The van der Waals surface area contributed by atoms with Crippen LogP contribution in [0.5, 0.6) is 0 Å². The van der Waals surface area contributed by atoms with Crippen LogP contribution in [0, 0.1) is 10.8 Å². The summed E-state index contributed by atoms with van der Waals surface area (Å²) in [6.07, 6.45) is 7.83. The SMILES string of the molecule is CC(C)(CCCCl)CNC(=O)C1(C)CCCCC1. The van der Waals surface area contributed by atoms with E-state index in [9.17, 15) is 4.79 Å². The molecule has 0 atom stereocenters. The summed E-state index contributed by atoms with van der Waals surface area (Å²) in [6, 6.07) is 0. The summed E-state index contributed by atoms with van der Waals surface area (Å²) in [5.41, 5.74) is 0.0242. The third kappa shape index (κ3) is 4.79. The summed E-state index contributed by atoms with van der Waals surface area (Å²) >= 11 is 5.73. The Balaban J connectivity index is 2.40. The molecule has 0 heterocycles. The van der Waals surface area contributed by atoms with Crippen LogP contribution < -0.4 is 5.32 Å². The number of halogens is 1. The number of amides is 1. The fraction of sp³-hybridized carbons (Fsp3) is 0.933. The minimum absolute atomic E-state index is 0.124. The maximum Gasteiger partial charge on any atom is 0.225 e. The van der Waals surface area contributed by atoms with Gasteiger partial charge in [0.2, 0.25) is 5.91 Å². The number of alkyl halides is 1. The molecule has 18 heavy (non-hydrogen) atoms. The molecule has 0 aliphatic heterocycles. The predicted molar refractivity (Wildman–Crippen MR) is 77.9 cm³/mol. The van der Waals surface area contributed by atoms with Crippen molar-refractivity contribution in [2.45, 2.75) is 65.7 Å². The minimum atomic E-state index is -0.124. The second-order valence-electron chi connectivity index (χ2n) is 6.76. The quantitative estimate of drug-likeness (QED) is 0.725. The van der Waals surface area contributed by atoms with Gasteiger partial charge in [0, 0.05) is 17.8 Å². The summed E-state index contributed by atoms with van der Waals surface area (Å²) in [5.74, 6) is 0.955. The van der Waals surface area contributed by atoms with E-state index >= 15 is 0 Å². The van der Waals surface area contributed by atoms with Crippen molar-refractivity contribution in [3.8, 4) is 0 Å². The van der Waals surface area contributed by atoms with Crippen LogP contribution >= 0.6 is 11.6 Å². The van der Waals surface area contributed by atoms with Gasteiger partial charge in [0.25, 0.3) is 0 Å². The monoisotopic (exact) mass is 273 g/mol. The van der Waals surface area contributed by atoms with E-state index in [2.05, 4.69) is 26.1 Å². The number of rotatable bonds is 6. The van der Waals surface area contributed by atoms with Crippen LogP contribution in [0.4, 0.5) is 0 Å². The topological polar surface area (TPSA) is 29.1 Å². The molecule has 0 unspecified atom stereocenters. The van der Waals surface area contributed by atoms with Gasteiger partial charge in [0.15, 0.2) is 0 Å². The molecular formula is C15H28ClNO. The van der Waals surface area contributed by atoms with E-state index in [1.807, 2.05) is 0 Å². The molecule has 0 spiro atoms. The van der Waals surface area contributed by atoms with Crippen molar-refractivity contribution in [2.24, 2.45) is 10.8 Å². The van der Waals surface area contributed by atoms with Crippen LogP contribution in [0.2, 0.25) is 0 Å². The third-order valence-electron chi connectivity index (χ3n) is 4.22. The maximum absolute atomic E-state index is 12.3. The standard InChI is InChI=1S/C15H28ClNO/c1-14(2,8-7-11-16)12-17-13(18)15(3)9-5-4-6-10-15/h4-12H2,1-3H3,(H,17,18). The lowest BCUT2D eigenvalue weighted by Gasteiger charge is -2.34. The zero-order chi connectivity index (χ0) is 13.6. The lowest BCUT2D eigenvalue weighted by molar-refractivity contribution is -0.132. The first-order chi connectivity index (χ1) is 8.40. The van der Waals surface area contributed by atoms with Gasteiger partial charge in [-0.15, -0.1) is 11.6 Å². The highest BCUT2D eigenvalue weighted by Crippen LogP contribution is 2.36. The van der Waals surface area contributed by atoms with E-state index < -0.39 is 0 Å². The molecule has 2 nitrogen and oxygen atoms in total. The van der Waals surface area contributed by atoms with E-state index in [0.29, 0.717) is 5.88 Å². The molecule has 0 aromatic heterocycles. The van der Waals surface area contributed by atoms with E-state index in [4.69, 9.17) is 11.6 Å². The van der Waals surface area contributed by atoms with Crippen LogP contribution in [0.25, 0.3) is 0 Å². The summed E-state index contributed by atoms with van der Waals surface area (Å²) in [5, 5.41) is 3.16. The van der Waals surface area contributed by atoms with Gasteiger partial charge in [0.1, 0.15) is 0 Å². The van der Waals surface area contributed by atoms with Gasteiger partial charge < -0.3 is 5.32 Å². The van der Waals surface area contributed by atoms with Gasteiger partial charge in [0.05, 0.1) is 0 Å². The van der Waals surface area contributed by atoms with Gasteiger partial charge in [-0.2, -0.15) is 0 Å². The molecule has 1 amide bonds. The number of carbonyl (C=O) groups is 1. The summed E-state index contributed by atoms with van der Waals surface area (Å²) < 4.78 is 0. The first-order valence-electron chi connectivity index (χ1n) is 7.24. The van der Waals surface area contributed by atoms with Crippen LogP contribution in [-0.2, 0) is 4.79 Å². The molecule has 0 radical (unpaired) electrons. The van der Waals surface area contributed by atoms with Gasteiger partial charge in [-0.25, -0.2) is 0 Å². The average molecular weight is 274 g/mol. The van der Waals surface area contributed by atoms with Crippen molar-refractivity contribution >= 4 is 17.5 Å². The van der Waals surface area contributed by atoms with Gasteiger partial charge in [-0.3, -0.25) is 4.79 Å². The van der Waals surface area contributed by atoms with Crippen LogP contribution in [-0.4, -0.2) is 18.3 Å². The van der Waals surface area contributed by atoms with E-state index in [-0.39, 0.29) is 16.7 Å². The fourth-order valence-corrected chi connectivity index (χ4v) is 2.86. The Morgan fingerprint density at radius 1 is 1.28 bits per heavy atom. The summed E-state index contributed by atoms with van der Waals surface area (Å²) in [6.45, 7) is 7.28. The Kier molecular flexibility index (Phi) is 5.97. The lowest BCUT2D eigenvalue weighted by atomic mass is 9.75. The maximum atomic E-state index is 12.3. The van der Waals surface area contributed by atoms with Crippen LogP contribution in [0.1, 0.15) is 65.7 Å². The number of nitrogens with one attached hydrogen (secondary N) is 1. The van der Waals surface area contributed by atoms with Crippen molar-refractivity contribution in [1.29, 1.82) is 0 Å². The number of hydrogen-bond acceptors (Lipinski definition) is 1. The number of carbonyl (C=O) groups excluding carboxylic acids is 1. The summed E-state index contributed by atoms with van der Waals surface area (Å²) in [7, 11) is 0. The molecule has 1 saturated carbocycles. The predicted octanol–water partition coefficient (Wildman–Crippen LogP) is 4.12. The Labute approximate surface area is 117 Å². The molecule has 3 heteroatoms. The van der Waals surface area contributed by atoms with Crippen LogP contribution in [0.15, 0.2) is 0 Å². The molecule has 0 aromatic carbocycles. The van der Waals surface area contributed by atoms with E-state index in [1.165, 1.54) is 19.3 Å². The zero-order valence-electron chi connectivity index (χ0n) is 12.2. The van der Waals surface area contributed by atoms with Gasteiger partial charge >= 0.3 is 0 Å². The van der Waals surface area contributed by atoms with Crippen molar-refractivity contribution in [3.05, 3.63) is 0 Å². The minimum Gasteiger partial charge on any atom is -0.355 e. The summed E-state index contributed by atoms with van der Waals surface area (Å²) in [4.78, 5) is 12.3. The van der Waals surface area contributed by atoms with Crippen LogP contribution in [0.3, 0.4) is 0 Å². The van der Waals surface area contributed by atoms with E-state index in [0.717, 1.165) is 32.2 Å². The molecule has 1 aliphatic rings. The largest absolute Gasteiger partial charge is 0.355 e. The Bertz CT molecular complexity index is 270. The smallest absolute Gasteiger partial charge is 0.225 e. The van der Waals surface area contributed by atoms with Crippen molar-refractivity contribution in [2.75, 3.05) is 12.4 Å². The first-order valence-corrected chi connectivity index (χ1v) is 7.77. The third-order valence-corrected chi connectivity index (χ3v) is 4.49. The highest BCUT2D eigenvalue weighted by molar-refractivity contribution is 6.17. The molecule has 0 aromatic rings. The average Bonchev–Trinajstić information content (AvgIpc) is 2.34. The Hall–Kier alpha value is -0.240. The highest BCUT2D eigenvalue weighted by atomic mass is 35.5. The molecule has 106 valence electrons. The number of hydrogen-bond donors (Lipinski definition) is 1. The molecule has 1 N–H and O–H groups in total. The molecular weight excluding hydrogens is 246 g/mol. The van der Waals surface area contributed by atoms with Gasteiger partial charge in [-0.1, -0.05) is 40.0 Å². The van der Waals surface area contributed by atoms with Crippen molar-refractivity contribution in [1.82, 2.24) is 5.32 Å². The molecule has 1 aliphatic carbocycles. The fourth-order valence-electron chi connectivity index (χ4n) is 2.73.